The lowest BCUT2D eigenvalue weighted by molar-refractivity contribution is -0.137. The van der Waals surface area contributed by atoms with Crippen LogP contribution in [0.2, 0.25) is 0 Å². The summed E-state index contributed by atoms with van der Waals surface area (Å²) in [6.45, 7) is 3.43. The smallest absolute Gasteiger partial charge is 0.416 e. The fraction of sp³-hybridized carbons (Fsp3) is 0.269. The second-order valence-corrected chi connectivity index (χ2v) is 8.43. The molecule has 1 aromatic carbocycles. The summed E-state index contributed by atoms with van der Waals surface area (Å²) in [5.41, 5.74) is 3.59. The molecule has 4 nitrogen and oxygen atoms in total. The highest BCUT2D eigenvalue weighted by atomic mass is 19.4. The molecular weight excluding hydrogens is 429 g/mol. The molecular formula is C26H25F3N2O2. The van der Waals surface area contributed by atoms with Gasteiger partial charge in [0.1, 0.15) is 5.75 Å². The van der Waals surface area contributed by atoms with Crippen LogP contribution in [0, 0.1) is 6.92 Å². The first-order valence-corrected chi connectivity index (χ1v) is 10.7. The number of rotatable bonds is 6. The Morgan fingerprint density at radius 3 is 2.55 bits per heavy atom. The Kier molecular flexibility index (Phi) is 6.17. The van der Waals surface area contributed by atoms with Gasteiger partial charge in [0.15, 0.2) is 0 Å². The zero-order chi connectivity index (χ0) is 23.8. The van der Waals surface area contributed by atoms with Crippen LogP contribution in [0.3, 0.4) is 0 Å². The van der Waals surface area contributed by atoms with Crippen molar-refractivity contribution >= 4 is 23.2 Å². The largest absolute Gasteiger partial charge is 0.493 e. The molecule has 3 aliphatic rings. The van der Waals surface area contributed by atoms with Gasteiger partial charge in [-0.2, -0.15) is 13.2 Å². The lowest BCUT2D eigenvalue weighted by Crippen LogP contribution is -2.15. The Labute approximate surface area is 191 Å². The molecule has 0 bridgehead atoms. The average Bonchev–Trinajstić information content (AvgIpc) is 3.11. The molecule has 172 valence electrons. The van der Waals surface area contributed by atoms with Crippen LogP contribution in [0.25, 0.3) is 22.8 Å². The van der Waals surface area contributed by atoms with E-state index in [1.54, 1.807) is 6.08 Å². The van der Waals surface area contributed by atoms with Crippen molar-refractivity contribution in [3.8, 4) is 16.9 Å². The van der Waals surface area contributed by atoms with Crippen molar-refractivity contribution in [3.63, 3.8) is 0 Å². The molecule has 1 amide bonds. The van der Waals surface area contributed by atoms with Crippen molar-refractivity contribution in [2.45, 2.75) is 19.5 Å². The van der Waals surface area contributed by atoms with Crippen LogP contribution >= 0.6 is 0 Å². The third-order valence-corrected chi connectivity index (χ3v) is 5.65. The quantitative estimate of drug-likeness (QED) is 0.370. The van der Waals surface area contributed by atoms with Gasteiger partial charge in [0.2, 0.25) is 0 Å². The first-order chi connectivity index (χ1) is 15.6. The normalized spacial score (nSPS) is 14.8. The van der Waals surface area contributed by atoms with E-state index in [9.17, 15) is 18.0 Å². The maximum absolute atomic E-state index is 13.2. The standard InChI is InChI=1S/C26H25F3N2O2/c1-16-13-17(19-7-4-5-8-23(24(16)19)33-12-6-11-31(2)3)14-21-20-15-18(26(27,28)29)9-10-22(20)30-25(21)32/h4-5,7-10,13-15H,6,11-12H2,1-3H3,(H,30,32). The predicted molar refractivity (Wildman–Crippen MR) is 124 cm³/mol. The lowest BCUT2D eigenvalue weighted by atomic mass is 10.0. The second-order valence-electron chi connectivity index (χ2n) is 8.43. The molecule has 4 rings (SSSR count). The van der Waals surface area contributed by atoms with Gasteiger partial charge < -0.3 is 15.0 Å². The van der Waals surface area contributed by atoms with Gasteiger partial charge in [-0.15, -0.1) is 0 Å². The number of hydrogen-bond donors (Lipinski definition) is 1. The van der Waals surface area contributed by atoms with Crippen molar-refractivity contribution < 1.29 is 22.7 Å². The summed E-state index contributed by atoms with van der Waals surface area (Å²) in [5, 5.41) is 2.66. The number of carbonyl (C=O) groups excluding carboxylic acids is 1. The predicted octanol–water partition coefficient (Wildman–Crippen LogP) is 5.94. The molecule has 2 aliphatic carbocycles. The summed E-state index contributed by atoms with van der Waals surface area (Å²) in [5.74, 6) is 0.323. The molecule has 0 spiro atoms. The van der Waals surface area contributed by atoms with E-state index in [0.29, 0.717) is 12.3 Å². The monoisotopic (exact) mass is 454 g/mol. The number of alkyl halides is 3. The van der Waals surface area contributed by atoms with E-state index in [0.717, 1.165) is 53.1 Å². The van der Waals surface area contributed by atoms with E-state index in [4.69, 9.17) is 4.74 Å². The molecule has 0 aromatic heterocycles. The first-order valence-electron chi connectivity index (χ1n) is 10.7. The number of anilines is 1. The van der Waals surface area contributed by atoms with Crippen molar-refractivity contribution in [2.75, 3.05) is 32.6 Å². The SMILES string of the molecule is Cc1cc(C=C2C(=O)Nc3ccc(C(F)(F)F)cc32)c2ccccc(OCCCN(C)C)c1-2. The molecule has 1 N–H and O–H groups in total. The Balaban J connectivity index is 1.71. The molecule has 33 heavy (non-hydrogen) atoms. The van der Waals surface area contributed by atoms with Crippen molar-refractivity contribution in [1.29, 1.82) is 0 Å². The zero-order valence-corrected chi connectivity index (χ0v) is 18.7. The fourth-order valence-corrected chi connectivity index (χ4v) is 4.09. The third kappa shape index (κ3) is 4.73. The van der Waals surface area contributed by atoms with Gasteiger partial charge in [0.25, 0.3) is 5.91 Å². The summed E-state index contributed by atoms with van der Waals surface area (Å²) < 4.78 is 45.8. The van der Waals surface area contributed by atoms with Crippen molar-refractivity contribution in [2.24, 2.45) is 0 Å². The topological polar surface area (TPSA) is 41.6 Å². The maximum atomic E-state index is 13.2. The zero-order valence-electron chi connectivity index (χ0n) is 18.7. The van der Waals surface area contributed by atoms with E-state index in [1.165, 1.54) is 6.07 Å². The molecule has 0 fully saturated rings. The Bertz CT molecular complexity index is 1200. The molecule has 1 aromatic rings. The molecule has 1 aliphatic heterocycles. The highest BCUT2D eigenvalue weighted by Crippen LogP contribution is 2.42. The molecule has 0 radical (unpaired) electrons. The Morgan fingerprint density at radius 1 is 1.06 bits per heavy atom. The molecule has 0 unspecified atom stereocenters. The van der Waals surface area contributed by atoms with Gasteiger partial charge in [-0.1, -0.05) is 24.3 Å². The van der Waals surface area contributed by atoms with Crippen molar-refractivity contribution in [1.82, 2.24) is 4.90 Å². The van der Waals surface area contributed by atoms with E-state index in [2.05, 4.69) is 10.2 Å². The number of aryl methyl sites for hydroxylation is 1. The number of hydrogen-bond acceptors (Lipinski definition) is 3. The van der Waals surface area contributed by atoms with Crippen molar-refractivity contribution in [3.05, 3.63) is 70.8 Å². The van der Waals surface area contributed by atoms with E-state index in [-0.39, 0.29) is 11.1 Å². The van der Waals surface area contributed by atoms with Crippen LogP contribution < -0.4 is 10.1 Å². The van der Waals surface area contributed by atoms with Gasteiger partial charge in [-0.3, -0.25) is 4.79 Å². The van der Waals surface area contributed by atoms with Crippen LogP contribution in [-0.4, -0.2) is 38.1 Å². The summed E-state index contributed by atoms with van der Waals surface area (Å²) in [4.78, 5) is 14.7. The van der Waals surface area contributed by atoms with Gasteiger partial charge in [0, 0.05) is 28.9 Å². The maximum Gasteiger partial charge on any atom is 0.416 e. The lowest BCUT2D eigenvalue weighted by Gasteiger charge is -2.12. The Hall–Kier alpha value is -3.32. The summed E-state index contributed by atoms with van der Waals surface area (Å²) in [6, 6.07) is 12.9. The second kappa shape index (κ2) is 8.90. The van der Waals surface area contributed by atoms with Crippen LogP contribution in [0.15, 0.2) is 48.5 Å². The first kappa shape index (κ1) is 22.9. The number of carbonyl (C=O) groups is 1. The van der Waals surface area contributed by atoms with Crippen LogP contribution in [-0.2, 0) is 11.0 Å². The number of benzene rings is 1. The number of nitrogens with one attached hydrogen (secondary N) is 1. The third-order valence-electron chi connectivity index (χ3n) is 5.65. The Morgan fingerprint density at radius 2 is 1.82 bits per heavy atom. The fourth-order valence-electron chi connectivity index (χ4n) is 4.09. The summed E-state index contributed by atoms with van der Waals surface area (Å²) in [6.07, 6.45) is -1.95. The van der Waals surface area contributed by atoms with E-state index < -0.39 is 17.6 Å². The number of halogens is 3. The number of fused-ring (bicyclic) bond motifs is 2. The van der Waals surface area contributed by atoms with Gasteiger partial charge in [-0.05, 0) is 74.5 Å². The van der Waals surface area contributed by atoms with E-state index in [1.807, 2.05) is 51.4 Å². The highest BCUT2D eigenvalue weighted by Gasteiger charge is 2.34. The minimum Gasteiger partial charge on any atom is -0.493 e. The molecule has 0 atom stereocenters. The molecule has 1 heterocycles. The minimum absolute atomic E-state index is 0.211. The van der Waals surface area contributed by atoms with Gasteiger partial charge in [-0.25, -0.2) is 0 Å². The molecule has 0 saturated carbocycles. The average molecular weight is 454 g/mol. The van der Waals surface area contributed by atoms with E-state index >= 15 is 0 Å². The van der Waals surface area contributed by atoms with Gasteiger partial charge in [0.05, 0.1) is 12.2 Å². The highest BCUT2D eigenvalue weighted by molar-refractivity contribution is 6.35. The van der Waals surface area contributed by atoms with Crippen LogP contribution in [0.4, 0.5) is 18.9 Å². The molecule has 7 heteroatoms. The summed E-state index contributed by atoms with van der Waals surface area (Å²) in [7, 11) is 4.02. The number of amides is 1. The summed E-state index contributed by atoms with van der Waals surface area (Å²) >= 11 is 0. The minimum atomic E-state index is -4.48. The van der Waals surface area contributed by atoms with Crippen LogP contribution in [0.5, 0.6) is 5.75 Å². The van der Waals surface area contributed by atoms with Crippen LogP contribution in [0.1, 0.15) is 28.7 Å². The number of ether oxygens (including phenoxy) is 1. The van der Waals surface area contributed by atoms with Gasteiger partial charge >= 0.3 is 6.18 Å². The molecule has 0 saturated heterocycles. The number of nitrogens with zero attached hydrogens (tertiary/aromatic N) is 1.